The highest BCUT2D eigenvalue weighted by Crippen LogP contribution is 2.18. The molecule has 0 heterocycles. The number of aliphatic carboxylic acids is 1. The number of carboxylic acids is 1. The van der Waals surface area contributed by atoms with E-state index >= 15 is 0 Å². The fourth-order valence-electron chi connectivity index (χ4n) is 1.27. The number of benzene rings is 1. The van der Waals surface area contributed by atoms with Gasteiger partial charge in [0.2, 0.25) is 0 Å². The van der Waals surface area contributed by atoms with Crippen molar-refractivity contribution in [3.63, 3.8) is 0 Å². The van der Waals surface area contributed by atoms with Gasteiger partial charge in [-0.15, -0.1) is 6.58 Å². The summed E-state index contributed by atoms with van der Waals surface area (Å²) in [5.41, 5.74) is -0.227. The first-order valence-electron chi connectivity index (χ1n) is 4.58. The van der Waals surface area contributed by atoms with Crippen molar-refractivity contribution >= 4 is 5.97 Å². The van der Waals surface area contributed by atoms with E-state index in [1.165, 1.54) is 6.08 Å². The average Bonchev–Trinajstić information content (AvgIpc) is 2.23. The van der Waals surface area contributed by atoms with Crippen LogP contribution >= 0.6 is 0 Å². The molecule has 0 aromatic heterocycles. The van der Waals surface area contributed by atoms with Crippen LogP contribution < -0.4 is 5.32 Å². The molecule has 0 spiro atoms. The molecule has 1 aromatic carbocycles. The molecule has 0 radical (unpaired) electrons. The first kappa shape index (κ1) is 12.3. The Kier molecular flexibility index (Phi) is 4.13. The Morgan fingerprint density at radius 1 is 1.56 bits per heavy atom. The number of halogens is 2. The third-order valence-corrected chi connectivity index (χ3v) is 1.98. The van der Waals surface area contributed by atoms with Gasteiger partial charge in [-0.3, -0.25) is 10.1 Å². The second-order valence-electron chi connectivity index (χ2n) is 3.13. The van der Waals surface area contributed by atoms with Gasteiger partial charge in [-0.1, -0.05) is 6.08 Å². The highest BCUT2D eigenvalue weighted by Gasteiger charge is 2.22. The van der Waals surface area contributed by atoms with E-state index < -0.39 is 23.6 Å². The number of hydrogen-bond donors (Lipinski definition) is 2. The van der Waals surface area contributed by atoms with Gasteiger partial charge in [0, 0.05) is 12.1 Å². The average molecular weight is 227 g/mol. The number of nitrogens with one attached hydrogen (secondary N) is 1. The summed E-state index contributed by atoms with van der Waals surface area (Å²) in [5, 5.41) is 11.4. The summed E-state index contributed by atoms with van der Waals surface area (Å²) in [6, 6.07) is 1.42. The molecule has 0 amide bonds. The molecule has 0 bridgehead atoms. The van der Waals surface area contributed by atoms with Crippen molar-refractivity contribution in [1.82, 2.24) is 5.32 Å². The normalized spacial score (nSPS) is 12.1. The Morgan fingerprint density at radius 3 is 2.81 bits per heavy atom. The molecule has 0 aliphatic rings. The summed E-state index contributed by atoms with van der Waals surface area (Å²) >= 11 is 0. The molecule has 0 fully saturated rings. The Morgan fingerprint density at radius 2 is 2.25 bits per heavy atom. The van der Waals surface area contributed by atoms with E-state index in [0.717, 1.165) is 18.2 Å². The lowest BCUT2D eigenvalue weighted by molar-refractivity contribution is -0.139. The van der Waals surface area contributed by atoms with Crippen LogP contribution in [-0.2, 0) is 4.79 Å². The third-order valence-electron chi connectivity index (χ3n) is 1.98. The van der Waals surface area contributed by atoms with Crippen LogP contribution in [0.15, 0.2) is 30.9 Å². The zero-order valence-electron chi connectivity index (χ0n) is 8.41. The van der Waals surface area contributed by atoms with Crippen LogP contribution in [0.25, 0.3) is 0 Å². The highest BCUT2D eigenvalue weighted by molar-refractivity contribution is 5.75. The van der Waals surface area contributed by atoms with Crippen molar-refractivity contribution in [2.45, 2.75) is 6.04 Å². The van der Waals surface area contributed by atoms with Crippen LogP contribution in [0.2, 0.25) is 0 Å². The van der Waals surface area contributed by atoms with Gasteiger partial charge in [0.05, 0.1) is 0 Å². The van der Waals surface area contributed by atoms with Gasteiger partial charge in [0.25, 0.3) is 0 Å². The van der Waals surface area contributed by atoms with Crippen LogP contribution in [0, 0.1) is 11.6 Å². The maximum atomic E-state index is 13.3. The van der Waals surface area contributed by atoms with E-state index in [9.17, 15) is 13.6 Å². The monoisotopic (exact) mass is 227 g/mol. The fraction of sp³-hybridized carbons (Fsp3) is 0.182. The lowest BCUT2D eigenvalue weighted by Crippen LogP contribution is -2.29. The summed E-state index contributed by atoms with van der Waals surface area (Å²) in [6.07, 6.45) is 1.44. The van der Waals surface area contributed by atoms with Gasteiger partial charge in [-0.05, 0) is 18.2 Å². The minimum atomic E-state index is -1.28. The molecule has 86 valence electrons. The van der Waals surface area contributed by atoms with Crippen molar-refractivity contribution in [3.8, 4) is 0 Å². The highest BCUT2D eigenvalue weighted by atomic mass is 19.1. The number of rotatable bonds is 5. The summed E-state index contributed by atoms with van der Waals surface area (Å²) < 4.78 is 26.2. The van der Waals surface area contributed by atoms with E-state index in [1.54, 1.807) is 0 Å². The molecular weight excluding hydrogens is 216 g/mol. The number of carbonyl (C=O) groups is 1. The maximum Gasteiger partial charge on any atom is 0.325 e. The van der Waals surface area contributed by atoms with Gasteiger partial charge in [-0.2, -0.15) is 0 Å². The zero-order chi connectivity index (χ0) is 12.1. The summed E-state index contributed by atoms with van der Waals surface area (Å²) in [4.78, 5) is 10.9. The molecule has 3 nitrogen and oxygen atoms in total. The molecule has 1 unspecified atom stereocenters. The predicted molar refractivity (Wildman–Crippen MR) is 54.9 cm³/mol. The molecule has 0 aliphatic heterocycles. The minimum Gasteiger partial charge on any atom is -0.480 e. The Hall–Kier alpha value is -1.75. The second kappa shape index (κ2) is 5.37. The van der Waals surface area contributed by atoms with Crippen molar-refractivity contribution in [2.75, 3.05) is 6.54 Å². The summed E-state index contributed by atoms with van der Waals surface area (Å²) in [6.45, 7) is 3.59. The third kappa shape index (κ3) is 2.87. The lowest BCUT2D eigenvalue weighted by atomic mass is 10.1. The summed E-state index contributed by atoms with van der Waals surface area (Å²) in [7, 11) is 0. The zero-order valence-corrected chi connectivity index (χ0v) is 8.41. The quantitative estimate of drug-likeness (QED) is 0.755. The van der Waals surface area contributed by atoms with Gasteiger partial charge in [-0.25, -0.2) is 8.78 Å². The SMILES string of the molecule is C=CCNC(C(=O)O)c1cc(F)ccc1F. The molecule has 16 heavy (non-hydrogen) atoms. The van der Waals surface area contributed by atoms with Crippen molar-refractivity contribution in [2.24, 2.45) is 0 Å². The minimum absolute atomic E-state index is 0.187. The topological polar surface area (TPSA) is 49.3 Å². The molecule has 0 saturated carbocycles. The van der Waals surface area contributed by atoms with Crippen LogP contribution in [0.3, 0.4) is 0 Å². The van der Waals surface area contributed by atoms with E-state index in [4.69, 9.17) is 5.11 Å². The van der Waals surface area contributed by atoms with E-state index in [-0.39, 0.29) is 12.1 Å². The van der Waals surface area contributed by atoms with E-state index in [0.29, 0.717) is 0 Å². The number of hydrogen-bond acceptors (Lipinski definition) is 2. The van der Waals surface area contributed by atoms with Crippen molar-refractivity contribution in [3.05, 3.63) is 48.1 Å². The molecule has 1 rings (SSSR count). The maximum absolute atomic E-state index is 13.3. The predicted octanol–water partition coefficient (Wildman–Crippen LogP) is 1.87. The molecule has 0 aliphatic carbocycles. The molecule has 0 saturated heterocycles. The van der Waals surface area contributed by atoms with Crippen LogP contribution in [0.5, 0.6) is 0 Å². The second-order valence-corrected chi connectivity index (χ2v) is 3.13. The molecular formula is C11H11F2NO2. The Bertz CT molecular complexity index is 407. The lowest BCUT2D eigenvalue weighted by Gasteiger charge is -2.14. The Labute approximate surface area is 91.4 Å². The fourth-order valence-corrected chi connectivity index (χ4v) is 1.27. The van der Waals surface area contributed by atoms with Crippen molar-refractivity contribution < 1.29 is 18.7 Å². The molecule has 5 heteroatoms. The van der Waals surface area contributed by atoms with Crippen LogP contribution in [0.1, 0.15) is 11.6 Å². The van der Waals surface area contributed by atoms with Crippen molar-refractivity contribution in [1.29, 1.82) is 0 Å². The van der Waals surface area contributed by atoms with Gasteiger partial charge in [0.1, 0.15) is 17.7 Å². The standard InChI is InChI=1S/C11H11F2NO2/c1-2-5-14-10(11(15)16)8-6-7(12)3-4-9(8)13/h2-4,6,10,14H,1,5H2,(H,15,16). The van der Waals surface area contributed by atoms with Crippen LogP contribution in [-0.4, -0.2) is 17.6 Å². The first-order valence-corrected chi connectivity index (χ1v) is 4.58. The van der Waals surface area contributed by atoms with Crippen LogP contribution in [0.4, 0.5) is 8.78 Å². The Balaban J connectivity index is 3.04. The van der Waals surface area contributed by atoms with E-state index in [2.05, 4.69) is 11.9 Å². The largest absolute Gasteiger partial charge is 0.480 e. The smallest absolute Gasteiger partial charge is 0.325 e. The van der Waals surface area contributed by atoms with Gasteiger partial charge in [0.15, 0.2) is 0 Å². The molecule has 2 N–H and O–H groups in total. The molecule has 1 aromatic rings. The van der Waals surface area contributed by atoms with Gasteiger partial charge >= 0.3 is 5.97 Å². The first-order chi connectivity index (χ1) is 7.56. The number of carboxylic acid groups (broad SMARTS) is 1. The summed E-state index contributed by atoms with van der Waals surface area (Å²) in [5.74, 6) is -2.71. The molecule has 1 atom stereocenters. The van der Waals surface area contributed by atoms with E-state index in [1.807, 2.05) is 0 Å². The van der Waals surface area contributed by atoms with Gasteiger partial charge < -0.3 is 5.11 Å².